The standard InChI is InChI=1S/C13H19NO5S/c1-9(2)7-10(14)8-19-13(15)11-5-3-4-6-12(11)20(16,17)18/h3-6,9-10H,7-8,14H2,1-2H3,(H,16,17,18)/t10-/m0/s1. The summed E-state index contributed by atoms with van der Waals surface area (Å²) in [6.45, 7) is 3.99. The Morgan fingerprint density at radius 2 is 1.95 bits per heavy atom. The van der Waals surface area contributed by atoms with E-state index in [-0.39, 0.29) is 18.2 Å². The molecule has 20 heavy (non-hydrogen) atoms. The summed E-state index contributed by atoms with van der Waals surface area (Å²) in [7, 11) is -4.47. The van der Waals surface area contributed by atoms with Crippen molar-refractivity contribution in [3.63, 3.8) is 0 Å². The first-order valence-corrected chi connectivity index (χ1v) is 7.65. The summed E-state index contributed by atoms with van der Waals surface area (Å²) >= 11 is 0. The summed E-state index contributed by atoms with van der Waals surface area (Å²) < 4.78 is 36.4. The fraction of sp³-hybridized carbons (Fsp3) is 0.462. The van der Waals surface area contributed by atoms with Gasteiger partial charge in [-0.15, -0.1) is 0 Å². The van der Waals surface area contributed by atoms with Crippen LogP contribution in [0.5, 0.6) is 0 Å². The highest BCUT2D eigenvalue weighted by Crippen LogP contribution is 2.16. The van der Waals surface area contributed by atoms with E-state index in [1.54, 1.807) is 0 Å². The average molecular weight is 301 g/mol. The van der Waals surface area contributed by atoms with E-state index in [1.807, 2.05) is 13.8 Å². The van der Waals surface area contributed by atoms with Crippen molar-refractivity contribution in [3.05, 3.63) is 29.8 Å². The van der Waals surface area contributed by atoms with Crippen molar-refractivity contribution in [1.29, 1.82) is 0 Å². The van der Waals surface area contributed by atoms with E-state index >= 15 is 0 Å². The van der Waals surface area contributed by atoms with Gasteiger partial charge in [0.05, 0.1) is 5.56 Å². The first-order valence-electron chi connectivity index (χ1n) is 6.21. The van der Waals surface area contributed by atoms with Gasteiger partial charge in [0.25, 0.3) is 10.1 Å². The van der Waals surface area contributed by atoms with Crippen LogP contribution in [0.15, 0.2) is 29.2 Å². The van der Waals surface area contributed by atoms with Crippen molar-refractivity contribution in [3.8, 4) is 0 Å². The molecule has 0 bridgehead atoms. The number of benzene rings is 1. The Morgan fingerprint density at radius 3 is 2.50 bits per heavy atom. The molecule has 1 aromatic carbocycles. The zero-order valence-corrected chi connectivity index (χ0v) is 12.3. The minimum Gasteiger partial charge on any atom is -0.460 e. The van der Waals surface area contributed by atoms with Gasteiger partial charge in [-0.25, -0.2) is 4.79 Å². The molecule has 0 aliphatic carbocycles. The first kappa shape index (κ1) is 16.6. The summed E-state index contributed by atoms with van der Waals surface area (Å²) in [5.74, 6) is -0.453. The van der Waals surface area contributed by atoms with E-state index in [1.165, 1.54) is 18.2 Å². The monoisotopic (exact) mass is 301 g/mol. The van der Waals surface area contributed by atoms with E-state index in [4.69, 9.17) is 15.0 Å². The van der Waals surface area contributed by atoms with Crippen molar-refractivity contribution in [2.75, 3.05) is 6.61 Å². The molecule has 6 nitrogen and oxygen atoms in total. The zero-order chi connectivity index (χ0) is 15.3. The van der Waals surface area contributed by atoms with Gasteiger partial charge in [0, 0.05) is 6.04 Å². The van der Waals surface area contributed by atoms with E-state index in [0.717, 1.165) is 6.07 Å². The fourth-order valence-corrected chi connectivity index (χ4v) is 2.47. The molecule has 1 aromatic rings. The molecule has 112 valence electrons. The van der Waals surface area contributed by atoms with Crippen molar-refractivity contribution in [1.82, 2.24) is 0 Å². The third kappa shape index (κ3) is 4.92. The predicted octanol–water partition coefficient (Wildman–Crippen LogP) is 1.46. The second kappa shape index (κ2) is 6.83. The summed E-state index contributed by atoms with van der Waals surface area (Å²) in [6, 6.07) is 5.00. The summed E-state index contributed by atoms with van der Waals surface area (Å²) in [5.41, 5.74) is 5.58. The number of carbonyl (C=O) groups excluding carboxylic acids is 1. The largest absolute Gasteiger partial charge is 0.460 e. The molecule has 1 rings (SSSR count). The second-order valence-corrected chi connectivity index (χ2v) is 6.35. The third-order valence-corrected chi connectivity index (χ3v) is 3.50. The van der Waals surface area contributed by atoms with Crippen molar-refractivity contribution in [2.45, 2.75) is 31.2 Å². The minimum absolute atomic E-state index is 0.00315. The van der Waals surface area contributed by atoms with Crippen LogP contribution in [-0.4, -0.2) is 31.6 Å². The molecule has 0 spiro atoms. The van der Waals surface area contributed by atoms with Gasteiger partial charge in [-0.1, -0.05) is 26.0 Å². The van der Waals surface area contributed by atoms with Gasteiger partial charge in [0.2, 0.25) is 0 Å². The fourth-order valence-electron chi connectivity index (χ4n) is 1.79. The lowest BCUT2D eigenvalue weighted by atomic mass is 10.1. The van der Waals surface area contributed by atoms with Crippen LogP contribution >= 0.6 is 0 Å². The zero-order valence-electron chi connectivity index (χ0n) is 11.4. The van der Waals surface area contributed by atoms with Crippen LogP contribution in [0, 0.1) is 5.92 Å². The molecule has 0 unspecified atom stereocenters. The summed E-state index contributed by atoms with van der Waals surface area (Å²) in [4.78, 5) is 11.4. The smallest absolute Gasteiger partial charge is 0.339 e. The van der Waals surface area contributed by atoms with Crippen LogP contribution in [0.4, 0.5) is 0 Å². The van der Waals surface area contributed by atoms with Crippen molar-refractivity contribution in [2.24, 2.45) is 11.7 Å². The molecule has 0 saturated carbocycles. The maximum absolute atomic E-state index is 11.8. The van der Waals surface area contributed by atoms with Crippen LogP contribution in [0.25, 0.3) is 0 Å². The average Bonchev–Trinajstić information content (AvgIpc) is 2.34. The SMILES string of the molecule is CC(C)C[C@H](N)COC(=O)c1ccccc1S(=O)(=O)O. The number of esters is 1. The molecule has 0 fully saturated rings. The maximum atomic E-state index is 11.8. The van der Waals surface area contributed by atoms with Gasteiger partial charge in [-0.05, 0) is 24.5 Å². The van der Waals surface area contributed by atoms with E-state index in [9.17, 15) is 13.2 Å². The lowest BCUT2D eigenvalue weighted by Crippen LogP contribution is -2.29. The lowest BCUT2D eigenvalue weighted by Gasteiger charge is -2.14. The maximum Gasteiger partial charge on any atom is 0.339 e. The highest BCUT2D eigenvalue weighted by atomic mass is 32.2. The molecule has 0 aliphatic heterocycles. The molecule has 7 heteroatoms. The second-order valence-electron chi connectivity index (χ2n) is 4.96. The van der Waals surface area contributed by atoms with Crippen LogP contribution in [-0.2, 0) is 14.9 Å². The number of nitrogens with two attached hydrogens (primary N) is 1. The highest BCUT2D eigenvalue weighted by molar-refractivity contribution is 7.86. The summed E-state index contributed by atoms with van der Waals surface area (Å²) in [5, 5.41) is 0. The Kier molecular flexibility index (Phi) is 5.67. The third-order valence-electron chi connectivity index (χ3n) is 2.59. The number of ether oxygens (including phenoxy) is 1. The summed E-state index contributed by atoms with van der Waals surface area (Å²) in [6.07, 6.45) is 0.688. The normalized spacial score (nSPS) is 13.2. The Bertz CT molecular complexity index is 568. The van der Waals surface area contributed by atoms with Crippen molar-refractivity contribution >= 4 is 16.1 Å². The Balaban J connectivity index is 2.79. The molecule has 0 aromatic heterocycles. The van der Waals surface area contributed by atoms with Crippen LogP contribution in [0.1, 0.15) is 30.6 Å². The molecular weight excluding hydrogens is 282 g/mol. The van der Waals surface area contributed by atoms with Crippen molar-refractivity contribution < 1.29 is 22.5 Å². The van der Waals surface area contributed by atoms with E-state index < -0.39 is 21.0 Å². The minimum atomic E-state index is -4.47. The van der Waals surface area contributed by atoms with Gasteiger partial charge < -0.3 is 10.5 Å². The molecule has 1 atom stereocenters. The lowest BCUT2D eigenvalue weighted by molar-refractivity contribution is 0.0468. The Morgan fingerprint density at radius 1 is 1.35 bits per heavy atom. The van der Waals surface area contributed by atoms with Gasteiger partial charge in [-0.2, -0.15) is 8.42 Å². The Labute approximate surface area is 118 Å². The molecule has 0 aliphatic rings. The highest BCUT2D eigenvalue weighted by Gasteiger charge is 2.21. The van der Waals surface area contributed by atoms with Crippen LogP contribution in [0.2, 0.25) is 0 Å². The van der Waals surface area contributed by atoms with E-state index in [0.29, 0.717) is 12.3 Å². The van der Waals surface area contributed by atoms with Gasteiger partial charge in [0.15, 0.2) is 0 Å². The van der Waals surface area contributed by atoms with Crippen LogP contribution < -0.4 is 5.73 Å². The molecule has 0 radical (unpaired) electrons. The van der Waals surface area contributed by atoms with E-state index in [2.05, 4.69) is 0 Å². The van der Waals surface area contributed by atoms with Gasteiger partial charge >= 0.3 is 5.97 Å². The number of carbonyl (C=O) groups is 1. The van der Waals surface area contributed by atoms with Gasteiger partial charge in [-0.3, -0.25) is 4.55 Å². The number of hydrogen-bond acceptors (Lipinski definition) is 5. The quantitative estimate of drug-likeness (QED) is 0.608. The van der Waals surface area contributed by atoms with Gasteiger partial charge in [0.1, 0.15) is 11.5 Å². The molecular formula is C13H19NO5S. The van der Waals surface area contributed by atoms with Crippen LogP contribution in [0.3, 0.4) is 0 Å². The molecule has 0 saturated heterocycles. The Hall–Kier alpha value is -1.44. The topological polar surface area (TPSA) is 107 Å². The number of hydrogen-bond donors (Lipinski definition) is 2. The molecule has 0 amide bonds. The number of rotatable bonds is 6. The molecule has 0 heterocycles. The first-order chi connectivity index (χ1) is 9.21. The molecule has 3 N–H and O–H groups in total. The predicted molar refractivity (Wildman–Crippen MR) is 74.0 cm³/mol.